The number of fused-ring (bicyclic) bond motifs is 1. The van der Waals surface area contributed by atoms with Crippen LogP contribution in [0, 0.1) is 5.92 Å². The van der Waals surface area contributed by atoms with Crippen LogP contribution in [0.15, 0.2) is 48.5 Å². The third-order valence-corrected chi connectivity index (χ3v) is 4.65. The van der Waals surface area contributed by atoms with Crippen molar-refractivity contribution in [2.45, 2.75) is 33.0 Å². The number of nitrogens with zero attached hydrogens (tertiary/aromatic N) is 1. The van der Waals surface area contributed by atoms with E-state index in [-0.39, 0.29) is 25.2 Å². The Balaban J connectivity index is 1.57. The van der Waals surface area contributed by atoms with Crippen LogP contribution < -0.4 is 14.8 Å². The van der Waals surface area contributed by atoms with E-state index in [0.717, 1.165) is 11.1 Å². The van der Waals surface area contributed by atoms with Gasteiger partial charge < -0.3 is 24.4 Å². The molecule has 2 amide bonds. The Morgan fingerprint density at radius 3 is 2.52 bits per heavy atom. The first-order valence-electron chi connectivity index (χ1n) is 9.54. The summed E-state index contributed by atoms with van der Waals surface area (Å²) in [4.78, 5) is 26.7. The molecule has 0 aromatic heterocycles. The van der Waals surface area contributed by atoms with E-state index in [2.05, 4.69) is 5.32 Å². The summed E-state index contributed by atoms with van der Waals surface area (Å²) in [5.41, 5.74) is 1.80. The molecule has 0 unspecified atom stereocenters. The highest BCUT2D eigenvalue weighted by Crippen LogP contribution is 2.32. The Morgan fingerprint density at radius 1 is 1.07 bits per heavy atom. The van der Waals surface area contributed by atoms with Gasteiger partial charge in [-0.3, -0.25) is 4.79 Å². The third kappa shape index (κ3) is 5.40. The number of carbonyl (C=O) groups excluding carboxylic acids is 2. The molecule has 3 rings (SSSR count). The zero-order valence-electron chi connectivity index (χ0n) is 16.9. The highest BCUT2D eigenvalue weighted by atomic mass is 16.7. The number of amides is 2. The normalized spacial score (nSPS) is 13.1. The Morgan fingerprint density at radius 2 is 1.79 bits per heavy atom. The molecule has 154 valence electrons. The summed E-state index contributed by atoms with van der Waals surface area (Å²) in [6.07, 6.45) is -0.614. The van der Waals surface area contributed by atoms with Gasteiger partial charge in [0.2, 0.25) is 12.7 Å². The minimum atomic E-state index is -0.683. The number of benzene rings is 2. The van der Waals surface area contributed by atoms with E-state index in [1.165, 1.54) is 0 Å². The van der Waals surface area contributed by atoms with E-state index >= 15 is 0 Å². The Bertz CT molecular complexity index is 854. The molecule has 29 heavy (non-hydrogen) atoms. The predicted molar refractivity (Wildman–Crippen MR) is 107 cm³/mol. The molecule has 7 nitrogen and oxygen atoms in total. The van der Waals surface area contributed by atoms with Gasteiger partial charge >= 0.3 is 6.09 Å². The number of nitrogens with one attached hydrogen (secondary N) is 1. The molecule has 2 aromatic carbocycles. The fraction of sp³-hybridized carbons (Fsp3) is 0.364. The summed E-state index contributed by atoms with van der Waals surface area (Å²) in [6.45, 7) is 4.51. The zero-order chi connectivity index (χ0) is 20.8. The average Bonchev–Trinajstić information content (AvgIpc) is 3.18. The first kappa shape index (κ1) is 20.5. The van der Waals surface area contributed by atoms with Crippen LogP contribution in [0.2, 0.25) is 0 Å². The van der Waals surface area contributed by atoms with Gasteiger partial charge in [-0.25, -0.2) is 4.79 Å². The van der Waals surface area contributed by atoms with Crippen molar-refractivity contribution in [3.8, 4) is 11.5 Å². The molecule has 1 heterocycles. The lowest BCUT2D eigenvalue weighted by Crippen LogP contribution is -2.50. The fourth-order valence-corrected chi connectivity index (χ4v) is 3.03. The molecule has 7 heteroatoms. The van der Waals surface area contributed by atoms with Crippen molar-refractivity contribution >= 4 is 12.0 Å². The second kappa shape index (κ2) is 9.32. The van der Waals surface area contributed by atoms with Crippen molar-refractivity contribution in [1.29, 1.82) is 0 Å². The molecular formula is C22H26N2O5. The van der Waals surface area contributed by atoms with Crippen LogP contribution >= 0.6 is 0 Å². The number of carbonyl (C=O) groups is 2. The van der Waals surface area contributed by atoms with E-state index in [9.17, 15) is 9.59 Å². The molecule has 0 aliphatic carbocycles. The second-order valence-corrected chi connectivity index (χ2v) is 7.31. The highest BCUT2D eigenvalue weighted by Gasteiger charge is 2.28. The molecule has 0 saturated carbocycles. The van der Waals surface area contributed by atoms with Crippen molar-refractivity contribution in [3.63, 3.8) is 0 Å². The lowest BCUT2D eigenvalue weighted by Gasteiger charge is -2.27. The van der Waals surface area contributed by atoms with Crippen molar-refractivity contribution in [3.05, 3.63) is 59.7 Å². The van der Waals surface area contributed by atoms with Crippen LogP contribution in [0.25, 0.3) is 0 Å². The molecule has 1 aliphatic rings. The van der Waals surface area contributed by atoms with Gasteiger partial charge in [0.05, 0.1) is 0 Å². The van der Waals surface area contributed by atoms with Crippen LogP contribution in [-0.4, -0.2) is 36.8 Å². The SMILES string of the molecule is CC(C)[C@H](NC(=O)OCc1ccccc1)C(=O)N(C)Cc1ccc2c(c1)OCO2. The summed E-state index contributed by atoms with van der Waals surface area (Å²) in [7, 11) is 1.71. The summed E-state index contributed by atoms with van der Waals surface area (Å²) in [5.74, 6) is 1.09. The first-order chi connectivity index (χ1) is 13.9. The molecule has 0 radical (unpaired) electrons. The summed E-state index contributed by atoms with van der Waals surface area (Å²) in [6, 6.07) is 14.3. The number of ether oxygens (including phenoxy) is 3. The molecule has 0 bridgehead atoms. The van der Waals surface area contributed by atoms with Gasteiger partial charge in [-0.2, -0.15) is 0 Å². The van der Waals surface area contributed by atoms with Crippen LogP contribution in [0.1, 0.15) is 25.0 Å². The van der Waals surface area contributed by atoms with E-state index in [0.29, 0.717) is 18.0 Å². The van der Waals surface area contributed by atoms with E-state index in [4.69, 9.17) is 14.2 Å². The minimum Gasteiger partial charge on any atom is -0.454 e. The maximum absolute atomic E-state index is 12.9. The Kier molecular flexibility index (Phi) is 6.59. The molecule has 0 saturated heterocycles. The third-order valence-electron chi connectivity index (χ3n) is 4.65. The summed E-state index contributed by atoms with van der Waals surface area (Å²) < 4.78 is 15.9. The lowest BCUT2D eigenvalue weighted by molar-refractivity contribution is -0.133. The zero-order valence-corrected chi connectivity index (χ0v) is 16.9. The second-order valence-electron chi connectivity index (χ2n) is 7.31. The molecule has 0 spiro atoms. The number of hydrogen-bond acceptors (Lipinski definition) is 5. The summed E-state index contributed by atoms with van der Waals surface area (Å²) >= 11 is 0. The van der Waals surface area contributed by atoms with Gasteiger partial charge in [-0.15, -0.1) is 0 Å². The Hall–Kier alpha value is -3.22. The number of alkyl carbamates (subject to hydrolysis) is 1. The highest BCUT2D eigenvalue weighted by molar-refractivity contribution is 5.85. The predicted octanol–water partition coefficient (Wildman–Crippen LogP) is 3.32. The molecule has 0 fully saturated rings. The largest absolute Gasteiger partial charge is 0.454 e. The number of likely N-dealkylation sites (N-methyl/N-ethyl adjacent to an activating group) is 1. The van der Waals surface area contributed by atoms with Gasteiger partial charge in [0.15, 0.2) is 11.5 Å². The van der Waals surface area contributed by atoms with E-state index < -0.39 is 12.1 Å². The Labute approximate surface area is 170 Å². The van der Waals surface area contributed by atoms with Crippen LogP contribution in [0.3, 0.4) is 0 Å². The average molecular weight is 398 g/mol. The lowest BCUT2D eigenvalue weighted by atomic mass is 10.0. The summed E-state index contributed by atoms with van der Waals surface area (Å²) in [5, 5.41) is 2.70. The molecule has 1 aliphatic heterocycles. The van der Waals surface area contributed by atoms with Gasteiger partial charge in [-0.05, 0) is 29.2 Å². The van der Waals surface area contributed by atoms with E-state index in [1.807, 2.05) is 62.4 Å². The van der Waals surface area contributed by atoms with Crippen molar-refractivity contribution in [2.75, 3.05) is 13.8 Å². The number of hydrogen-bond donors (Lipinski definition) is 1. The monoisotopic (exact) mass is 398 g/mol. The van der Waals surface area contributed by atoms with Crippen molar-refractivity contribution < 1.29 is 23.8 Å². The molecule has 2 aromatic rings. The molecule has 1 N–H and O–H groups in total. The maximum Gasteiger partial charge on any atom is 0.408 e. The van der Waals surface area contributed by atoms with Gasteiger partial charge in [-0.1, -0.05) is 50.2 Å². The van der Waals surface area contributed by atoms with Gasteiger partial charge in [0, 0.05) is 13.6 Å². The molecule has 1 atom stereocenters. The quantitative estimate of drug-likeness (QED) is 0.774. The van der Waals surface area contributed by atoms with Gasteiger partial charge in [0.25, 0.3) is 0 Å². The standard InChI is InChI=1S/C22H26N2O5/c1-15(2)20(23-22(26)27-13-16-7-5-4-6-8-16)21(25)24(3)12-17-9-10-18-19(11-17)29-14-28-18/h4-11,15,20H,12-14H2,1-3H3,(H,23,26)/t20-/m0/s1. The van der Waals surface area contributed by atoms with Gasteiger partial charge in [0.1, 0.15) is 12.6 Å². The minimum absolute atomic E-state index is 0.0917. The van der Waals surface area contributed by atoms with Crippen LogP contribution in [0.4, 0.5) is 4.79 Å². The fourth-order valence-electron chi connectivity index (χ4n) is 3.03. The topological polar surface area (TPSA) is 77.1 Å². The smallest absolute Gasteiger partial charge is 0.408 e. The van der Waals surface area contributed by atoms with Crippen LogP contribution in [-0.2, 0) is 22.7 Å². The van der Waals surface area contributed by atoms with Crippen molar-refractivity contribution in [1.82, 2.24) is 10.2 Å². The van der Waals surface area contributed by atoms with Crippen molar-refractivity contribution in [2.24, 2.45) is 5.92 Å². The molecular weight excluding hydrogens is 372 g/mol. The number of rotatable bonds is 7. The van der Waals surface area contributed by atoms with E-state index in [1.54, 1.807) is 11.9 Å². The van der Waals surface area contributed by atoms with Crippen LogP contribution in [0.5, 0.6) is 11.5 Å². The maximum atomic E-state index is 12.9. The first-order valence-corrected chi connectivity index (χ1v) is 9.54.